The minimum Gasteiger partial charge on any atom is -0.342 e. The Kier molecular flexibility index (Phi) is 3.09. The Morgan fingerprint density at radius 2 is 2.44 bits per heavy atom. The fraction of sp³-hybridized carbons (Fsp3) is 0.400. The highest BCUT2D eigenvalue weighted by molar-refractivity contribution is 5.79. The van der Waals surface area contributed by atoms with Crippen molar-refractivity contribution in [2.45, 2.75) is 26.2 Å². The van der Waals surface area contributed by atoms with Gasteiger partial charge in [0.25, 0.3) is 0 Å². The smallest absolute Gasteiger partial charge is 0.238 e. The Labute approximate surface area is 92.1 Å². The van der Waals surface area contributed by atoms with Gasteiger partial charge in [-0.25, -0.2) is 4.98 Å². The topological polar surface area (TPSA) is 84.7 Å². The van der Waals surface area contributed by atoms with E-state index in [4.69, 9.17) is 4.52 Å². The molecule has 0 saturated heterocycles. The average Bonchev–Trinajstić information content (AvgIpc) is 2.86. The molecule has 16 heavy (non-hydrogen) atoms. The zero-order chi connectivity index (χ0) is 11.4. The quantitative estimate of drug-likeness (QED) is 0.822. The summed E-state index contributed by atoms with van der Waals surface area (Å²) in [6.07, 6.45) is 4.85. The number of carbonyl (C=O) groups is 1. The third kappa shape index (κ3) is 2.33. The van der Waals surface area contributed by atoms with E-state index in [0.717, 1.165) is 6.42 Å². The van der Waals surface area contributed by atoms with Gasteiger partial charge in [-0.3, -0.25) is 4.79 Å². The maximum atomic E-state index is 11.4. The molecular weight excluding hydrogens is 208 g/mol. The molecule has 0 aliphatic rings. The van der Waals surface area contributed by atoms with Gasteiger partial charge in [-0.05, 0) is 6.42 Å². The van der Waals surface area contributed by atoms with Gasteiger partial charge in [0.2, 0.25) is 11.7 Å². The van der Waals surface area contributed by atoms with Crippen LogP contribution >= 0.6 is 0 Å². The van der Waals surface area contributed by atoms with Crippen molar-refractivity contribution in [2.75, 3.05) is 0 Å². The largest absolute Gasteiger partial charge is 0.342 e. The Bertz CT molecular complexity index is 461. The average molecular weight is 220 g/mol. The zero-order valence-electron chi connectivity index (χ0n) is 8.93. The van der Waals surface area contributed by atoms with Crippen molar-refractivity contribution >= 4 is 5.78 Å². The molecule has 2 aromatic rings. The van der Waals surface area contributed by atoms with Gasteiger partial charge < -0.3 is 9.51 Å². The molecule has 0 amide bonds. The predicted molar refractivity (Wildman–Crippen MR) is 55.5 cm³/mol. The zero-order valence-corrected chi connectivity index (χ0v) is 8.93. The molecule has 6 nitrogen and oxygen atoms in total. The molecular formula is C10H12N4O2. The van der Waals surface area contributed by atoms with Crippen molar-refractivity contribution in [3.63, 3.8) is 0 Å². The fourth-order valence-corrected chi connectivity index (χ4v) is 1.35. The molecule has 0 fully saturated rings. The third-order valence-corrected chi connectivity index (χ3v) is 2.06. The lowest BCUT2D eigenvalue weighted by molar-refractivity contribution is -0.118. The summed E-state index contributed by atoms with van der Waals surface area (Å²) < 4.78 is 4.96. The van der Waals surface area contributed by atoms with Gasteiger partial charge in [0.05, 0.1) is 6.42 Å². The number of imidazole rings is 1. The van der Waals surface area contributed by atoms with E-state index < -0.39 is 0 Å². The van der Waals surface area contributed by atoms with Gasteiger partial charge >= 0.3 is 0 Å². The lowest BCUT2D eigenvalue weighted by Crippen LogP contribution is -2.01. The first-order chi connectivity index (χ1) is 7.79. The number of ketones is 1. The molecule has 0 aliphatic heterocycles. The van der Waals surface area contributed by atoms with Crippen LogP contribution in [0.1, 0.15) is 25.7 Å². The number of rotatable bonds is 5. The Balaban J connectivity index is 2.06. The molecule has 1 N–H and O–H groups in total. The van der Waals surface area contributed by atoms with Crippen molar-refractivity contribution < 1.29 is 9.32 Å². The first-order valence-corrected chi connectivity index (χ1v) is 5.13. The number of nitrogens with one attached hydrogen (secondary N) is 1. The second kappa shape index (κ2) is 4.69. The highest BCUT2D eigenvalue weighted by Crippen LogP contribution is 2.10. The van der Waals surface area contributed by atoms with Crippen molar-refractivity contribution in [1.82, 2.24) is 20.1 Å². The standard InChI is InChI=1S/C10H12N4O2/c1-2-3-7(15)6-8-13-10(14-16-8)9-11-4-5-12-9/h4-5H,2-3,6H2,1H3,(H,11,12). The van der Waals surface area contributed by atoms with E-state index in [-0.39, 0.29) is 12.2 Å². The molecule has 0 bridgehead atoms. The summed E-state index contributed by atoms with van der Waals surface area (Å²) in [5, 5.41) is 3.74. The number of aromatic nitrogens is 4. The summed E-state index contributed by atoms with van der Waals surface area (Å²) in [4.78, 5) is 22.3. The van der Waals surface area contributed by atoms with Crippen LogP contribution in [0.4, 0.5) is 0 Å². The van der Waals surface area contributed by atoms with Crippen molar-refractivity contribution in [3.8, 4) is 11.6 Å². The molecule has 2 aromatic heterocycles. The molecule has 2 rings (SSSR count). The van der Waals surface area contributed by atoms with Gasteiger partial charge in [-0.2, -0.15) is 4.98 Å². The van der Waals surface area contributed by atoms with E-state index in [1.165, 1.54) is 0 Å². The number of Topliss-reactive ketones (excluding diaryl/α,β-unsaturated/α-hetero) is 1. The highest BCUT2D eigenvalue weighted by Gasteiger charge is 2.12. The van der Waals surface area contributed by atoms with Gasteiger partial charge in [0.1, 0.15) is 5.78 Å². The minimum absolute atomic E-state index is 0.108. The monoisotopic (exact) mass is 220 g/mol. The van der Waals surface area contributed by atoms with Crippen LogP contribution in [0.5, 0.6) is 0 Å². The number of hydrogen-bond donors (Lipinski definition) is 1. The first kappa shape index (κ1) is 10.5. The lowest BCUT2D eigenvalue weighted by atomic mass is 10.2. The van der Waals surface area contributed by atoms with Crippen LogP contribution < -0.4 is 0 Å². The van der Waals surface area contributed by atoms with Crippen LogP contribution in [0.2, 0.25) is 0 Å². The van der Waals surface area contributed by atoms with Crippen LogP contribution in [-0.2, 0) is 11.2 Å². The van der Waals surface area contributed by atoms with Crippen molar-refractivity contribution in [1.29, 1.82) is 0 Å². The number of carbonyl (C=O) groups excluding carboxylic acids is 1. The maximum absolute atomic E-state index is 11.4. The van der Waals surface area contributed by atoms with Crippen LogP contribution in [0.25, 0.3) is 11.6 Å². The lowest BCUT2D eigenvalue weighted by Gasteiger charge is -1.91. The maximum Gasteiger partial charge on any atom is 0.238 e. The fourth-order valence-electron chi connectivity index (χ4n) is 1.35. The second-order valence-corrected chi connectivity index (χ2v) is 3.41. The van der Waals surface area contributed by atoms with Gasteiger partial charge in [-0.15, -0.1) is 0 Å². The SMILES string of the molecule is CCCC(=O)Cc1nc(-c2ncc[nH]2)no1. The van der Waals surface area contributed by atoms with E-state index in [1.807, 2.05) is 6.92 Å². The molecule has 0 spiro atoms. The summed E-state index contributed by atoms with van der Waals surface area (Å²) >= 11 is 0. The molecule has 2 heterocycles. The molecule has 84 valence electrons. The van der Waals surface area contributed by atoms with Gasteiger partial charge in [0.15, 0.2) is 5.82 Å². The minimum atomic E-state index is 0.108. The van der Waals surface area contributed by atoms with E-state index in [1.54, 1.807) is 12.4 Å². The summed E-state index contributed by atoms with van der Waals surface area (Å²) in [6, 6.07) is 0. The summed E-state index contributed by atoms with van der Waals surface area (Å²) in [5.41, 5.74) is 0. The normalized spacial score (nSPS) is 10.6. The first-order valence-electron chi connectivity index (χ1n) is 5.13. The van der Waals surface area contributed by atoms with Crippen molar-refractivity contribution in [2.24, 2.45) is 0 Å². The van der Waals surface area contributed by atoms with Crippen LogP contribution in [0, 0.1) is 0 Å². The van der Waals surface area contributed by atoms with Gasteiger partial charge in [-0.1, -0.05) is 12.1 Å². The van der Waals surface area contributed by atoms with Gasteiger partial charge in [0, 0.05) is 18.8 Å². The summed E-state index contributed by atoms with van der Waals surface area (Å²) in [5.74, 6) is 1.37. The van der Waals surface area contributed by atoms with E-state index in [0.29, 0.717) is 24.0 Å². The molecule has 0 atom stereocenters. The summed E-state index contributed by atoms with van der Waals surface area (Å²) in [6.45, 7) is 1.96. The number of aromatic amines is 1. The van der Waals surface area contributed by atoms with Crippen LogP contribution in [0.3, 0.4) is 0 Å². The van der Waals surface area contributed by atoms with Crippen LogP contribution in [0.15, 0.2) is 16.9 Å². The van der Waals surface area contributed by atoms with E-state index in [2.05, 4.69) is 20.1 Å². The molecule has 0 saturated carbocycles. The van der Waals surface area contributed by atoms with Crippen molar-refractivity contribution in [3.05, 3.63) is 18.3 Å². The van der Waals surface area contributed by atoms with E-state index in [9.17, 15) is 4.79 Å². The molecule has 0 unspecified atom stereocenters. The second-order valence-electron chi connectivity index (χ2n) is 3.41. The number of H-pyrrole nitrogens is 1. The molecule has 0 radical (unpaired) electrons. The number of nitrogens with zero attached hydrogens (tertiary/aromatic N) is 3. The predicted octanol–water partition coefficient (Wildman–Crippen LogP) is 1.37. The van der Waals surface area contributed by atoms with Crippen LogP contribution in [-0.4, -0.2) is 25.9 Å². The highest BCUT2D eigenvalue weighted by atomic mass is 16.5. The van der Waals surface area contributed by atoms with E-state index >= 15 is 0 Å². The number of hydrogen-bond acceptors (Lipinski definition) is 5. The summed E-state index contributed by atoms with van der Waals surface area (Å²) in [7, 11) is 0. The molecule has 6 heteroatoms. The Hall–Kier alpha value is -1.98. The Morgan fingerprint density at radius 3 is 3.12 bits per heavy atom. The molecule has 0 aromatic carbocycles. The molecule has 0 aliphatic carbocycles. The third-order valence-electron chi connectivity index (χ3n) is 2.06. The Morgan fingerprint density at radius 1 is 1.56 bits per heavy atom.